The summed E-state index contributed by atoms with van der Waals surface area (Å²) in [6, 6.07) is 5.69. The first-order chi connectivity index (χ1) is 14.0. The highest BCUT2D eigenvalue weighted by molar-refractivity contribution is 7.13. The second-order valence-electron chi connectivity index (χ2n) is 6.44. The second kappa shape index (κ2) is 9.60. The van der Waals surface area contributed by atoms with Crippen molar-refractivity contribution >= 4 is 23.3 Å². The molecule has 0 aliphatic carbocycles. The molecule has 1 unspecified atom stereocenters. The smallest absolute Gasteiger partial charge is 0.350 e. The Labute approximate surface area is 174 Å². The fourth-order valence-corrected chi connectivity index (χ4v) is 3.75. The third-order valence-corrected chi connectivity index (χ3v) is 5.52. The van der Waals surface area contributed by atoms with Crippen LogP contribution in [0.15, 0.2) is 23.2 Å². The van der Waals surface area contributed by atoms with Gasteiger partial charge in [-0.05, 0) is 45.4 Å². The number of guanidine groups is 1. The Morgan fingerprint density at radius 1 is 1.34 bits per heavy atom. The van der Waals surface area contributed by atoms with E-state index in [-0.39, 0.29) is 18.8 Å². The molecule has 1 aliphatic rings. The third kappa shape index (κ3) is 5.17. The number of ether oxygens (including phenoxy) is 3. The van der Waals surface area contributed by atoms with Crippen LogP contribution in [-0.4, -0.2) is 36.9 Å². The first kappa shape index (κ1) is 20.9. The molecule has 0 saturated heterocycles. The van der Waals surface area contributed by atoms with Gasteiger partial charge in [0.25, 0.3) is 0 Å². The zero-order valence-electron chi connectivity index (χ0n) is 17.1. The zero-order chi connectivity index (χ0) is 20.8. The van der Waals surface area contributed by atoms with Crippen LogP contribution in [0, 0.1) is 6.92 Å². The van der Waals surface area contributed by atoms with Crippen LogP contribution in [0.1, 0.15) is 52.7 Å². The van der Waals surface area contributed by atoms with Crippen molar-refractivity contribution in [2.24, 2.45) is 4.99 Å². The summed E-state index contributed by atoms with van der Waals surface area (Å²) in [5.41, 5.74) is 1.70. The number of esters is 1. The van der Waals surface area contributed by atoms with Crippen LogP contribution < -0.4 is 20.1 Å². The van der Waals surface area contributed by atoms with Crippen molar-refractivity contribution in [2.45, 2.75) is 40.3 Å². The molecule has 8 nitrogen and oxygen atoms in total. The molecule has 29 heavy (non-hydrogen) atoms. The molecule has 1 aliphatic heterocycles. The summed E-state index contributed by atoms with van der Waals surface area (Å²) in [7, 11) is 0. The maximum absolute atomic E-state index is 12.0. The molecule has 2 heterocycles. The molecule has 9 heteroatoms. The largest absolute Gasteiger partial charge is 0.462 e. The van der Waals surface area contributed by atoms with E-state index in [4.69, 9.17) is 14.2 Å². The number of hydrogen-bond donors (Lipinski definition) is 2. The number of benzene rings is 1. The highest BCUT2D eigenvalue weighted by Crippen LogP contribution is 2.32. The topological polar surface area (TPSA) is 94.1 Å². The van der Waals surface area contributed by atoms with Gasteiger partial charge in [-0.15, -0.1) is 11.3 Å². The van der Waals surface area contributed by atoms with Gasteiger partial charge in [0.1, 0.15) is 9.88 Å². The van der Waals surface area contributed by atoms with Gasteiger partial charge in [-0.25, -0.2) is 14.8 Å². The zero-order valence-corrected chi connectivity index (χ0v) is 17.9. The van der Waals surface area contributed by atoms with E-state index >= 15 is 0 Å². The summed E-state index contributed by atoms with van der Waals surface area (Å²) in [4.78, 5) is 21.8. The molecule has 0 spiro atoms. The first-order valence-corrected chi connectivity index (χ1v) is 10.4. The Morgan fingerprint density at radius 3 is 2.90 bits per heavy atom. The van der Waals surface area contributed by atoms with Gasteiger partial charge in [-0.3, -0.25) is 0 Å². The summed E-state index contributed by atoms with van der Waals surface area (Å²) >= 11 is 1.34. The predicted octanol–water partition coefficient (Wildman–Crippen LogP) is 3.17. The van der Waals surface area contributed by atoms with Crippen molar-refractivity contribution in [1.29, 1.82) is 0 Å². The molecule has 0 bridgehead atoms. The van der Waals surface area contributed by atoms with Gasteiger partial charge in [0.2, 0.25) is 6.79 Å². The SMILES string of the molecule is CCNC(=NCc1ccc2c(c1)OCO2)NC(C)c1nc(C)c(C(=O)OCC)s1. The molecule has 3 rings (SSSR count). The lowest BCUT2D eigenvalue weighted by Crippen LogP contribution is -2.38. The van der Waals surface area contributed by atoms with Gasteiger partial charge in [-0.1, -0.05) is 6.07 Å². The molecule has 0 radical (unpaired) electrons. The van der Waals surface area contributed by atoms with Crippen molar-refractivity contribution < 1.29 is 19.0 Å². The number of aryl methyl sites for hydroxylation is 1. The van der Waals surface area contributed by atoms with Gasteiger partial charge in [0.05, 0.1) is 24.9 Å². The number of nitrogens with one attached hydrogen (secondary N) is 2. The number of aliphatic imine (C=N–C) groups is 1. The Bertz CT molecular complexity index is 897. The molecule has 0 saturated carbocycles. The van der Waals surface area contributed by atoms with Crippen molar-refractivity contribution in [2.75, 3.05) is 19.9 Å². The summed E-state index contributed by atoms with van der Waals surface area (Å²) < 4.78 is 15.9. The maximum atomic E-state index is 12.0. The standard InChI is InChI=1S/C20H26N4O4S/c1-5-21-20(22-10-14-7-8-15-16(9-14)28-11-27-15)24-13(4)18-23-12(3)17(29-18)19(25)26-6-2/h7-9,13H,5-6,10-11H2,1-4H3,(H2,21,22,24). The van der Waals surface area contributed by atoms with E-state index in [2.05, 4.69) is 20.6 Å². The van der Waals surface area contributed by atoms with E-state index in [9.17, 15) is 4.79 Å². The number of carbonyl (C=O) groups is 1. The lowest BCUT2D eigenvalue weighted by atomic mass is 10.2. The number of fused-ring (bicyclic) bond motifs is 1. The monoisotopic (exact) mass is 418 g/mol. The van der Waals surface area contributed by atoms with Crippen LogP contribution in [0.2, 0.25) is 0 Å². The molecule has 1 aromatic heterocycles. The molecular formula is C20H26N4O4S. The van der Waals surface area contributed by atoms with E-state index in [1.165, 1.54) is 11.3 Å². The van der Waals surface area contributed by atoms with Crippen molar-refractivity contribution in [1.82, 2.24) is 15.6 Å². The first-order valence-electron chi connectivity index (χ1n) is 9.59. The molecular weight excluding hydrogens is 392 g/mol. The minimum absolute atomic E-state index is 0.114. The molecule has 1 atom stereocenters. The number of carbonyl (C=O) groups excluding carboxylic acids is 1. The number of hydrogen-bond acceptors (Lipinski definition) is 7. The van der Waals surface area contributed by atoms with E-state index in [1.807, 2.05) is 39.0 Å². The molecule has 156 valence electrons. The van der Waals surface area contributed by atoms with Crippen molar-refractivity contribution in [3.05, 3.63) is 39.3 Å². The quantitative estimate of drug-likeness (QED) is 0.405. The third-order valence-electron chi connectivity index (χ3n) is 4.20. The second-order valence-corrected chi connectivity index (χ2v) is 7.47. The van der Waals surface area contributed by atoms with Crippen LogP contribution in [0.4, 0.5) is 0 Å². The Hall–Kier alpha value is -2.81. The Kier molecular flexibility index (Phi) is 6.92. The van der Waals surface area contributed by atoms with Gasteiger partial charge in [0.15, 0.2) is 17.5 Å². The average molecular weight is 419 g/mol. The van der Waals surface area contributed by atoms with Gasteiger partial charge in [-0.2, -0.15) is 0 Å². The van der Waals surface area contributed by atoms with Crippen LogP contribution in [-0.2, 0) is 11.3 Å². The lowest BCUT2D eigenvalue weighted by molar-refractivity contribution is 0.0531. The van der Waals surface area contributed by atoms with E-state index in [0.29, 0.717) is 29.7 Å². The number of rotatable bonds is 7. The summed E-state index contributed by atoms with van der Waals surface area (Å²) in [6.45, 7) is 9.42. The molecule has 2 aromatic rings. The van der Waals surface area contributed by atoms with E-state index in [0.717, 1.165) is 28.6 Å². The summed E-state index contributed by atoms with van der Waals surface area (Å²) in [6.07, 6.45) is 0. The van der Waals surface area contributed by atoms with Crippen LogP contribution in [0.3, 0.4) is 0 Å². The summed E-state index contributed by atoms with van der Waals surface area (Å²) in [5, 5.41) is 7.39. The van der Waals surface area contributed by atoms with Crippen LogP contribution in [0.25, 0.3) is 0 Å². The van der Waals surface area contributed by atoms with Gasteiger partial charge < -0.3 is 24.8 Å². The molecule has 1 aromatic carbocycles. The number of nitrogens with zero attached hydrogens (tertiary/aromatic N) is 2. The molecule has 0 fully saturated rings. The van der Waals surface area contributed by atoms with E-state index in [1.54, 1.807) is 6.92 Å². The highest BCUT2D eigenvalue weighted by atomic mass is 32.1. The number of thiazole rings is 1. The van der Waals surface area contributed by atoms with Crippen molar-refractivity contribution in [3.8, 4) is 11.5 Å². The fourth-order valence-electron chi connectivity index (χ4n) is 2.79. The normalized spacial score (nSPS) is 13.9. The fraction of sp³-hybridized carbons (Fsp3) is 0.450. The lowest BCUT2D eigenvalue weighted by Gasteiger charge is -2.16. The van der Waals surface area contributed by atoms with Crippen LogP contribution >= 0.6 is 11.3 Å². The minimum Gasteiger partial charge on any atom is -0.462 e. The molecule has 2 N–H and O–H groups in total. The Balaban J connectivity index is 1.68. The van der Waals surface area contributed by atoms with Gasteiger partial charge in [0, 0.05) is 6.54 Å². The predicted molar refractivity (Wildman–Crippen MR) is 112 cm³/mol. The average Bonchev–Trinajstić information content (AvgIpc) is 3.32. The molecule has 0 amide bonds. The van der Waals surface area contributed by atoms with Crippen LogP contribution in [0.5, 0.6) is 11.5 Å². The minimum atomic E-state index is -0.329. The van der Waals surface area contributed by atoms with E-state index < -0.39 is 0 Å². The van der Waals surface area contributed by atoms with Crippen molar-refractivity contribution in [3.63, 3.8) is 0 Å². The number of aromatic nitrogens is 1. The highest BCUT2D eigenvalue weighted by Gasteiger charge is 2.20. The maximum Gasteiger partial charge on any atom is 0.350 e. The summed E-state index contributed by atoms with van der Waals surface area (Å²) in [5.74, 6) is 1.84. The van der Waals surface area contributed by atoms with Gasteiger partial charge >= 0.3 is 5.97 Å². The Morgan fingerprint density at radius 2 is 2.14 bits per heavy atom.